The number of hydrogen-bond donors (Lipinski definition) is 2. The zero-order valence-electron chi connectivity index (χ0n) is 15.4. The predicted octanol–water partition coefficient (Wildman–Crippen LogP) is 3.09. The van der Waals surface area contributed by atoms with Crippen LogP contribution in [0.15, 0.2) is 23.1 Å². The van der Waals surface area contributed by atoms with Crippen LogP contribution in [-0.2, 0) is 6.18 Å². The van der Waals surface area contributed by atoms with E-state index in [1.54, 1.807) is 0 Å². The van der Waals surface area contributed by atoms with Crippen molar-refractivity contribution in [2.45, 2.75) is 44.9 Å². The van der Waals surface area contributed by atoms with Crippen molar-refractivity contribution < 1.29 is 13.2 Å². The number of nitrogens with one attached hydrogen (secondary N) is 2. The molecule has 0 saturated heterocycles. The summed E-state index contributed by atoms with van der Waals surface area (Å²) in [7, 11) is 0. The molecule has 2 aromatic heterocycles. The van der Waals surface area contributed by atoms with Crippen molar-refractivity contribution in [2.24, 2.45) is 5.92 Å². The SMILES string of the molecule is CC(C#N)n1nc(Nc2ncc(C(F)(F)F)c(NC3(C)CC3C)n2)ccc1=O. The Kier molecular flexibility index (Phi) is 4.74. The average molecular weight is 393 g/mol. The first-order valence-corrected chi connectivity index (χ1v) is 8.52. The highest BCUT2D eigenvalue weighted by atomic mass is 19.4. The molecule has 2 N–H and O–H groups in total. The number of hydrogen-bond acceptors (Lipinski definition) is 7. The molecular weight excluding hydrogens is 375 g/mol. The van der Waals surface area contributed by atoms with Crippen LogP contribution in [0.25, 0.3) is 0 Å². The Morgan fingerprint density at radius 1 is 1.43 bits per heavy atom. The molecule has 3 rings (SSSR count). The Bertz CT molecular complexity index is 997. The molecule has 0 aliphatic heterocycles. The van der Waals surface area contributed by atoms with Gasteiger partial charge >= 0.3 is 6.18 Å². The molecule has 2 heterocycles. The van der Waals surface area contributed by atoms with Gasteiger partial charge in [-0.1, -0.05) is 6.92 Å². The van der Waals surface area contributed by atoms with E-state index in [4.69, 9.17) is 5.26 Å². The monoisotopic (exact) mass is 393 g/mol. The van der Waals surface area contributed by atoms with Crippen molar-refractivity contribution in [1.29, 1.82) is 5.26 Å². The Morgan fingerprint density at radius 3 is 2.68 bits per heavy atom. The molecule has 148 valence electrons. The molecular formula is C17H18F3N7O. The second-order valence-electron chi connectivity index (χ2n) is 7.03. The summed E-state index contributed by atoms with van der Waals surface area (Å²) >= 11 is 0. The Labute approximate surface area is 158 Å². The second-order valence-corrected chi connectivity index (χ2v) is 7.03. The van der Waals surface area contributed by atoms with Gasteiger partial charge in [-0.15, -0.1) is 0 Å². The third kappa shape index (κ3) is 3.90. The molecule has 1 fully saturated rings. The van der Waals surface area contributed by atoms with Gasteiger partial charge in [0.1, 0.15) is 17.4 Å². The predicted molar refractivity (Wildman–Crippen MR) is 94.9 cm³/mol. The van der Waals surface area contributed by atoms with Gasteiger partial charge in [-0.2, -0.15) is 28.5 Å². The van der Waals surface area contributed by atoms with Crippen LogP contribution in [0.4, 0.5) is 30.8 Å². The van der Waals surface area contributed by atoms with Crippen LogP contribution < -0.4 is 16.2 Å². The summed E-state index contributed by atoms with van der Waals surface area (Å²) < 4.78 is 40.9. The number of anilines is 3. The first kappa shape index (κ1) is 19.6. The zero-order valence-corrected chi connectivity index (χ0v) is 15.4. The summed E-state index contributed by atoms with van der Waals surface area (Å²) in [5.41, 5.74) is -1.90. The number of aromatic nitrogens is 4. The lowest BCUT2D eigenvalue weighted by molar-refractivity contribution is -0.137. The van der Waals surface area contributed by atoms with Gasteiger partial charge in [-0.25, -0.2) is 9.67 Å². The van der Waals surface area contributed by atoms with Crippen LogP contribution in [0.2, 0.25) is 0 Å². The molecule has 3 atom stereocenters. The lowest BCUT2D eigenvalue weighted by Crippen LogP contribution is -2.25. The molecule has 1 saturated carbocycles. The van der Waals surface area contributed by atoms with E-state index in [2.05, 4.69) is 25.7 Å². The summed E-state index contributed by atoms with van der Waals surface area (Å²) in [4.78, 5) is 19.5. The summed E-state index contributed by atoms with van der Waals surface area (Å²) in [6.45, 7) is 5.25. The van der Waals surface area contributed by atoms with Gasteiger partial charge < -0.3 is 10.6 Å². The topological polar surface area (TPSA) is 109 Å². The van der Waals surface area contributed by atoms with Gasteiger partial charge in [0.05, 0.1) is 6.07 Å². The Morgan fingerprint density at radius 2 is 2.11 bits per heavy atom. The third-order valence-corrected chi connectivity index (χ3v) is 4.77. The van der Waals surface area contributed by atoms with Crippen molar-refractivity contribution in [1.82, 2.24) is 19.7 Å². The van der Waals surface area contributed by atoms with Gasteiger partial charge in [0.25, 0.3) is 5.56 Å². The van der Waals surface area contributed by atoms with E-state index in [1.807, 2.05) is 19.9 Å². The molecule has 1 aliphatic carbocycles. The maximum absolute atomic E-state index is 13.3. The number of alkyl halides is 3. The first-order valence-electron chi connectivity index (χ1n) is 8.52. The highest BCUT2D eigenvalue weighted by molar-refractivity contribution is 5.55. The summed E-state index contributed by atoms with van der Waals surface area (Å²) in [5.74, 6) is -0.0960. The number of halogens is 3. The van der Waals surface area contributed by atoms with E-state index in [-0.39, 0.29) is 23.5 Å². The van der Waals surface area contributed by atoms with Gasteiger partial charge in [0, 0.05) is 17.8 Å². The molecule has 8 nitrogen and oxygen atoms in total. The Hall–Kier alpha value is -3.16. The molecule has 0 radical (unpaired) electrons. The third-order valence-electron chi connectivity index (χ3n) is 4.77. The highest BCUT2D eigenvalue weighted by Gasteiger charge is 2.48. The maximum Gasteiger partial charge on any atom is 0.421 e. The molecule has 0 spiro atoms. The summed E-state index contributed by atoms with van der Waals surface area (Å²) in [6.07, 6.45) is -3.18. The normalized spacial score (nSPS) is 22.2. The quantitative estimate of drug-likeness (QED) is 0.803. The molecule has 28 heavy (non-hydrogen) atoms. The van der Waals surface area contributed by atoms with E-state index in [0.29, 0.717) is 6.20 Å². The summed E-state index contributed by atoms with van der Waals surface area (Å²) in [5, 5.41) is 18.5. The van der Waals surface area contributed by atoms with Crippen molar-refractivity contribution in [3.8, 4) is 6.07 Å². The van der Waals surface area contributed by atoms with Gasteiger partial charge in [0.2, 0.25) is 5.95 Å². The Balaban J connectivity index is 1.93. The lowest BCUT2D eigenvalue weighted by Gasteiger charge is -2.19. The lowest BCUT2D eigenvalue weighted by atomic mass is 10.2. The van der Waals surface area contributed by atoms with Crippen LogP contribution in [0.5, 0.6) is 0 Å². The van der Waals surface area contributed by atoms with Crippen LogP contribution in [0.1, 0.15) is 38.8 Å². The molecule has 11 heteroatoms. The van der Waals surface area contributed by atoms with E-state index in [1.165, 1.54) is 19.1 Å². The highest BCUT2D eigenvalue weighted by Crippen LogP contribution is 2.46. The standard InChI is InChI=1S/C17H18F3N7O/c1-9-6-16(9,3)25-14-11(17(18,19)20)8-22-15(24-14)23-12-4-5-13(28)27(26-12)10(2)7-21/h4-5,8-10H,6H2,1-3H3,(H2,22,23,24,25,26). The number of rotatable bonds is 5. The van der Waals surface area contributed by atoms with Gasteiger partial charge in [-0.05, 0) is 32.3 Å². The molecule has 2 aromatic rings. The zero-order chi connectivity index (χ0) is 20.7. The maximum atomic E-state index is 13.3. The molecule has 1 aliphatic rings. The largest absolute Gasteiger partial charge is 0.421 e. The first-order chi connectivity index (χ1) is 13.0. The van der Waals surface area contributed by atoms with E-state index in [9.17, 15) is 18.0 Å². The van der Waals surface area contributed by atoms with Gasteiger partial charge in [0.15, 0.2) is 5.82 Å². The second kappa shape index (κ2) is 6.78. The molecule has 0 amide bonds. The van der Waals surface area contributed by atoms with Gasteiger partial charge in [-0.3, -0.25) is 4.79 Å². The fourth-order valence-electron chi connectivity index (χ4n) is 2.71. The van der Waals surface area contributed by atoms with E-state index >= 15 is 0 Å². The van der Waals surface area contributed by atoms with E-state index < -0.39 is 28.9 Å². The minimum atomic E-state index is -4.61. The minimum absolute atomic E-state index is 0.116. The van der Waals surface area contributed by atoms with E-state index in [0.717, 1.165) is 11.1 Å². The fourth-order valence-corrected chi connectivity index (χ4v) is 2.71. The van der Waals surface area contributed by atoms with Crippen LogP contribution >= 0.6 is 0 Å². The van der Waals surface area contributed by atoms with Crippen LogP contribution in [-0.4, -0.2) is 25.3 Å². The fraction of sp³-hybridized carbons (Fsp3) is 0.471. The number of nitriles is 1. The molecule has 0 aromatic carbocycles. The van der Waals surface area contributed by atoms with Crippen LogP contribution in [0, 0.1) is 17.2 Å². The number of nitrogens with zero attached hydrogens (tertiary/aromatic N) is 5. The average Bonchev–Trinajstić information content (AvgIpc) is 3.20. The van der Waals surface area contributed by atoms with Crippen molar-refractivity contribution >= 4 is 17.6 Å². The molecule has 3 unspecified atom stereocenters. The summed E-state index contributed by atoms with van der Waals surface area (Å²) in [6, 6.07) is 3.61. The van der Waals surface area contributed by atoms with Crippen molar-refractivity contribution in [2.75, 3.05) is 10.6 Å². The van der Waals surface area contributed by atoms with Crippen LogP contribution in [0.3, 0.4) is 0 Å². The minimum Gasteiger partial charge on any atom is -0.364 e. The van der Waals surface area contributed by atoms with Crippen molar-refractivity contribution in [3.63, 3.8) is 0 Å². The smallest absolute Gasteiger partial charge is 0.364 e. The van der Waals surface area contributed by atoms with Crippen molar-refractivity contribution in [3.05, 3.63) is 34.2 Å². The molecule has 0 bridgehead atoms.